The molecule has 0 aromatic heterocycles. The van der Waals surface area contributed by atoms with Crippen LogP contribution in [0.15, 0.2) is 40.9 Å². The molecule has 3 heteroatoms. The maximum atomic E-state index is 6.29. The van der Waals surface area contributed by atoms with Gasteiger partial charge in [0.15, 0.2) is 0 Å². The van der Waals surface area contributed by atoms with Gasteiger partial charge in [-0.25, -0.2) is 0 Å². The summed E-state index contributed by atoms with van der Waals surface area (Å²) < 4.78 is 0.996. The summed E-state index contributed by atoms with van der Waals surface area (Å²) in [7, 11) is 0. The zero-order valence-electron chi connectivity index (χ0n) is 10.2. The van der Waals surface area contributed by atoms with Crippen LogP contribution >= 0.6 is 43.5 Å². The number of halogens is 3. The Morgan fingerprint density at radius 3 is 2.33 bits per heavy atom. The third kappa shape index (κ3) is 2.98. The van der Waals surface area contributed by atoms with Crippen LogP contribution in [0.25, 0.3) is 0 Å². The summed E-state index contributed by atoms with van der Waals surface area (Å²) in [6, 6.07) is 12.5. The molecule has 0 aliphatic carbocycles. The lowest BCUT2D eigenvalue weighted by Gasteiger charge is -2.14. The first-order chi connectivity index (χ1) is 8.49. The van der Waals surface area contributed by atoms with Gasteiger partial charge in [0.2, 0.25) is 0 Å². The molecule has 0 bridgehead atoms. The minimum absolute atomic E-state index is 0.123. The van der Waals surface area contributed by atoms with Gasteiger partial charge in [-0.2, -0.15) is 0 Å². The Kier molecular flexibility index (Phi) is 4.52. The van der Waals surface area contributed by atoms with Gasteiger partial charge in [0.1, 0.15) is 0 Å². The third-order valence-corrected chi connectivity index (χ3v) is 4.90. The van der Waals surface area contributed by atoms with Gasteiger partial charge in [0.05, 0.1) is 4.83 Å². The van der Waals surface area contributed by atoms with E-state index in [1.807, 2.05) is 18.2 Å². The number of hydrogen-bond acceptors (Lipinski definition) is 0. The molecule has 94 valence electrons. The second-order valence-electron chi connectivity index (χ2n) is 4.37. The molecule has 2 aromatic rings. The largest absolute Gasteiger partial charge is 0.0839 e. The molecule has 2 rings (SSSR count). The topological polar surface area (TPSA) is 0 Å². The van der Waals surface area contributed by atoms with Crippen molar-refractivity contribution in [3.05, 3.63) is 68.1 Å². The Balaban J connectivity index is 2.41. The lowest BCUT2D eigenvalue weighted by molar-refractivity contribution is 1.15. The van der Waals surface area contributed by atoms with Crippen LogP contribution in [0.1, 0.15) is 27.1 Å². The van der Waals surface area contributed by atoms with Gasteiger partial charge in [0.25, 0.3) is 0 Å². The number of hydrogen-bond donors (Lipinski definition) is 0. The van der Waals surface area contributed by atoms with Gasteiger partial charge in [-0.05, 0) is 48.2 Å². The Hall–Kier alpha value is -0.310. The molecule has 0 fully saturated rings. The number of aryl methyl sites for hydroxylation is 2. The summed E-state index contributed by atoms with van der Waals surface area (Å²) in [6.07, 6.45) is 0. The van der Waals surface area contributed by atoms with Crippen molar-refractivity contribution in [2.24, 2.45) is 0 Å². The van der Waals surface area contributed by atoms with E-state index in [4.69, 9.17) is 11.6 Å². The molecular weight excluding hydrogens is 375 g/mol. The predicted molar refractivity (Wildman–Crippen MR) is 85.8 cm³/mol. The van der Waals surface area contributed by atoms with Crippen molar-refractivity contribution in [1.29, 1.82) is 0 Å². The molecule has 0 heterocycles. The molecule has 1 unspecified atom stereocenters. The van der Waals surface area contributed by atoms with Crippen molar-refractivity contribution in [3.63, 3.8) is 0 Å². The maximum Gasteiger partial charge on any atom is 0.0659 e. The van der Waals surface area contributed by atoms with E-state index in [9.17, 15) is 0 Å². The number of benzene rings is 2. The molecule has 2 aromatic carbocycles. The monoisotopic (exact) mass is 386 g/mol. The quantitative estimate of drug-likeness (QED) is 0.537. The molecule has 0 radical (unpaired) electrons. The molecule has 0 saturated heterocycles. The van der Waals surface area contributed by atoms with Gasteiger partial charge >= 0.3 is 0 Å². The summed E-state index contributed by atoms with van der Waals surface area (Å²) in [6.45, 7) is 4.25. The zero-order chi connectivity index (χ0) is 13.3. The molecule has 0 N–H and O–H groups in total. The van der Waals surface area contributed by atoms with E-state index in [2.05, 4.69) is 63.9 Å². The fourth-order valence-corrected chi connectivity index (χ4v) is 3.41. The summed E-state index contributed by atoms with van der Waals surface area (Å²) in [5, 5.41) is 0.768. The van der Waals surface area contributed by atoms with Crippen molar-refractivity contribution < 1.29 is 0 Å². The van der Waals surface area contributed by atoms with Gasteiger partial charge in [-0.1, -0.05) is 67.7 Å². The van der Waals surface area contributed by atoms with Crippen molar-refractivity contribution in [3.8, 4) is 0 Å². The Bertz CT molecular complexity index is 579. The van der Waals surface area contributed by atoms with Crippen LogP contribution in [0.2, 0.25) is 5.02 Å². The van der Waals surface area contributed by atoms with Crippen molar-refractivity contribution in [2.45, 2.75) is 18.7 Å². The first-order valence-electron chi connectivity index (χ1n) is 5.65. The molecular formula is C15H13Br2Cl. The van der Waals surface area contributed by atoms with Crippen LogP contribution in [0.5, 0.6) is 0 Å². The van der Waals surface area contributed by atoms with Crippen molar-refractivity contribution >= 4 is 43.5 Å². The van der Waals surface area contributed by atoms with E-state index in [-0.39, 0.29) is 4.83 Å². The molecule has 0 saturated carbocycles. The van der Waals surface area contributed by atoms with Crippen LogP contribution < -0.4 is 0 Å². The van der Waals surface area contributed by atoms with E-state index in [1.165, 1.54) is 16.7 Å². The van der Waals surface area contributed by atoms with E-state index < -0.39 is 0 Å². The summed E-state index contributed by atoms with van der Waals surface area (Å²) in [5.74, 6) is 0. The molecule has 1 atom stereocenters. The molecule has 0 amide bonds. The number of alkyl halides is 1. The molecule has 0 aliphatic rings. The molecule has 0 aliphatic heterocycles. The highest BCUT2D eigenvalue weighted by molar-refractivity contribution is 9.10. The van der Waals surface area contributed by atoms with Gasteiger partial charge < -0.3 is 0 Å². The van der Waals surface area contributed by atoms with Crippen LogP contribution in [-0.2, 0) is 0 Å². The van der Waals surface area contributed by atoms with Gasteiger partial charge in [-0.15, -0.1) is 0 Å². The van der Waals surface area contributed by atoms with Crippen LogP contribution in [0.3, 0.4) is 0 Å². The van der Waals surface area contributed by atoms with Crippen LogP contribution in [0, 0.1) is 13.8 Å². The minimum atomic E-state index is 0.123. The van der Waals surface area contributed by atoms with E-state index >= 15 is 0 Å². The van der Waals surface area contributed by atoms with Crippen LogP contribution in [-0.4, -0.2) is 0 Å². The fourth-order valence-electron chi connectivity index (χ4n) is 1.81. The highest BCUT2D eigenvalue weighted by Gasteiger charge is 2.14. The second-order valence-corrected chi connectivity index (χ2v) is 6.61. The Morgan fingerprint density at radius 2 is 1.72 bits per heavy atom. The van der Waals surface area contributed by atoms with Crippen molar-refractivity contribution in [2.75, 3.05) is 0 Å². The van der Waals surface area contributed by atoms with Gasteiger partial charge in [-0.3, -0.25) is 0 Å². The molecule has 18 heavy (non-hydrogen) atoms. The molecule has 0 spiro atoms. The minimum Gasteiger partial charge on any atom is -0.0839 e. The lowest BCUT2D eigenvalue weighted by Crippen LogP contribution is -1.95. The number of rotatable bonds is 2. The SMILES string of the molecule is Cc1ccc(C(Br)c2ccc(Br)cc2Cl)cc1C. The van der Waals surface area contributed by atoms with E-state index in [1.54, 1.807) is 0 Å². The summed E-state index contributed by atoms with van der Waals surface area (Å²) in [5.41, 5.74) is 4.91. The molecule has 0 nitrogen and oxygen atoms in total. The predicted octanol–water partition coefficient (Wildman–Crippen LogP) is 6.20. The average molecular weight is 389 g/mol. The first-order valence-corrected chi connectivity index (χ1v) is 7.74. The first kappa shape index (κ1) is 14.1. The summed E-state index contributed by atoms with van der Waals surface area (Å²) >= 11 is 13.4. The van der Waals surface area contributed by atoms with E-state index in [0.29, 0.717) is 0 Å². The standard InChI is InChI=1S/C15H13Br2Cl/c1-9-3-4-11(7-10(9)2)15(17)13-6-5-12(16)8-14(13)18/h3-8,15H,1-2H3. The van der Waals surface area contributed by atoms with Crippen molar-refractivity contribution in [1.82, 2.24) is 0 Å². The Labute approximate surface area is 130 Å². The zero-order valence-corrected chi connectivity index (χ0v) is 14.1. The van der Waals surface area contributed by atoms with E-state index in [0.717, 1.165) is 15.1 Å². The highest BCUT2D eigenvalue weighted by atomic mass is 79.9. The Morgan fingerprint density at radius 1 is 1.00 bits per heavy atom. The fraction of sp³-hybridized carbons (Fsp3) is 0.200. The lowest BCUT2D eigenvalue weighted by atomic mass is 10.0. The normalized spacial score (nSPS) is 12.5. The van der Waals surface area contributed by atoms with Gasteiger partial charge in [0, 0.05) is 9.50 Å². The van der Waals surface area contributed by atoms with Crippen LogP contribution in [0.4, 0.5) is 0 Å². The summed E-state index contributed by atoms with van der Waals surface area (Å²) in [4.78, 5) is 0.123. The highest BCUT2D eigenvalue weighted by Crippen LogP contribution is 2.36. The maximum absolute atomic E-state index is 6.29. The third-order valence-electron chi connectivity index (χ3n) is 3.06. The average Bonchev–Trinajstić information content (AvgIpc) is 2.32. The smallest absolute Gasteiger partial charge is 0.0659 e. The second kappa shape index (κ2) is 5.77.